The number of hydrogen-bond donors (Lipinski definition) is 0. The fraction of sp³-hybridized carbons (Fsp3) is 0.852. The molecule has 0 aromatic rings. The lowest BCUT2D eigenvalue weighted by atomic mass is 9.73. The van der Waals surface area contributed by atoms with E-state index in [-0.39, 0.29) is 0 Å². The van der Waals surface area contributed by atoms with Crippen LogP contribution in [0.5, 0.6) is 0 Å². The highest BCUT2D eigenvalue weighted by atomic mass is 19.2. The van der Waals surface area contributed by atoms with Crippen LogP contribution in [0.15, 0.2) is 25.3 Å². The Morgan fingerprint density at radius 3 is 2.00 bits per heavy atom. The lowest BCUT2D eigenvalue weighted by Crippen LogP contribution is -2.46. The van der Waals surface area contributed by atoms with Crippen LogP contribution in [0.3, 0.4) is 0 Å². The van der Waals surface area contributed by atoms with Gasteiger partial charge in [0.2, 0.25) is 0 Å². The Morgan fingerprint density at radius 1 is 0.839 bits per heavy atom. The monoisotopic (exact) mass is 440 g/mol. The van der Waals surface area contributed by atoms with Crippen LogP contribution in [0, 0.1) is 17.8 Å². The molecular formula is C27H46F2O2. The Bertz CT molecular complexity index is 490. The van der Waals surface area contributed by atoms with Crippen molar-refractivity contribution in [2.75, 3.05) is 13.2 Å². The zero-order chi connectivity index (χ0) is 22.5. The van der Waals surface area contributed by atoms with Crippen LogP contribution in [0.1, 0.15) is 90.4 Å². The molecule has 0 heterocycles. The molecule has 2 rings (SSSR count). The minimum atomic E-state index is -1.58. The first-order valence-corrected chi connectivity index (χ1v) is 12.8. The smallest absolute Gasteiger partial charge is 0.160 e. The molecular weight excluding hydrogens is 394 g/mol. The van der Waals surface area contributed by atoms with Crippen molar-refractivity contribution < 1.29 is 18.3 Å². The van der Waals surface area contributed by atoms with Gasteiger partial charge in [-0.05, 0) is 75.5 Å². The van der Waals surface area contributed by atoms with Crippen molar-refractivity contribution in [1.82, 2.24) is 0 Å². The van der Waals surface area contributed by atoms with Crippen molar-refractivity contribution in [1.29, 1.82) is 0 Å². The molecule has 0 saturated heterocycles. The molecule has 0 bridgehead atoms. The van der Waals surface area contributed by atoms with Crippen LogP contribution in [-0.2, 0) is 9.47 Å². The van der Waals surface area contributed by atoms with E-state index < -0.39 is 24.6 Å². The van der Waals surface area contributed by atoms with E-state index >= 15 is 0 Å². The predicted octanol–water partition coefficient (Wildman–Crippen LogP) is 7.77. The highest BCUT2D eigenvalue weighted by Gasteiger charge is 2.41. The van der Waals surface area contributed by atoms with Crippen LogP contribution in [-0.4, -0.2) is 37.8 Å². The molecule has 2 fully saturated rings. The van der Waals surface area contributed by atoms with Crippen LogP contribution < -0.4 is 0 Å². The molecule has 2 nitrogen and oxygen atoms in total. The van der Waals surface area contributed by atoms with E-state index in [1.807, 2.05) is 6.08 Å². The molecule has 0 spiro atoms. The largest absolute Gasteiger partial charge is 0.375 e. The van der Waals surface area contributed by atoms with Crippen LogP contribution in [0.4, 0.5) is 8.78 Å². The zero-order valence-corrected chi connectivity index (χ0v) is 19.8. The molecule has 5 atom stereocenters. The van der Waals surface area contributed by atoms with Gasteiger partial charge >= 0.3 is 0 Å². The van der Waals surface area contributed by atoms with Gasteiger partial charge < -0.3 is 9.47 Å². The number of allylic oxidation sites excluding steroid dienone is 2. The molecule has 31 heavy (non-hydrogen) atoms. The molecule has 0 amide bonds. The SMILES string of the molecule is C=CCCCOC1CCC(OCCCCC(CCC)C2CCC(C=C)CC2)C(F)C1F. The molecule has 4 heteroatoms. The predicted molar refractivity (Wildman–Crippen MR) is 126 cm³/mol. The maximum atomic E-state index is 14.5. The van der Waals surface area contributed by atoms with Gasteiger partial charge in [-0.2, -0.15) is 0 Å². The van der Waals surface area contributed by atoms with E-state index in [2.05, 4.69) is 26.2 Å². The summed E-state index contributed by atoms with van der Waals surface area (Å²) in [7, 11) is 0. The van der Waals surface area contributed by atoms with Crippen molar-refractivity contribution >= 4 is 0 Å². The quantitative estimate of drug-likeness (QED) is 0.191. The van der Waals surface area contributed by atoms with Crippen LogP contribution in [0.25, 0.3) is 0 Å². The van der Waals surface area contributed by atoms with Crippen molar-refractivity contribution in [3.63, 3.8) is 0 Å². The van der Waals surface area contributed by atoms with E-state index in [4.69, 9.17) is 9.47 Å². The summed E-state index contributed by atoms with van der Waals surface area (Å²) in [5.74, 6) is 2.36. The number of unbranched alkanes of at least 4 members (excludes halogenated alkanes) is 2. The Hall–Kier alpha value is -0.740. The van der Waals surface area contributed by atoms with Gasteiger partial charge in [0, 0.05) is 13.2 Å². The first-order chi connectivity index (χ1) is 15.1. The summed E-state index contributed by atoms with van der Waals surface area (Å²) in [4.78, 5) is 0. The summed E-state index contributed by atoms with van der Waals surface area (Å²) in [6, 6.07) is 0. The summed E-state index contributed by atoms with van der Waals surface area (Å²) in [5, 5.41) is 0. The Kier molecular flexibility index (Phi) is 13.0. The Balaban J connectivity index is 1.62. The summed E-state index contributed by atoms with van der Waals surface area (Å²) < 4.78 is 40.3. The molecule has 0 aromatic carbocycles. The molecule has 0 aliphatic heterocycles. The van der Waals surface area contributed by atoms with Crippen molar-refractivity contribution in [2.24, 2.45) is 17.8 Å². The second-order valence-corrected chi connectivity index (χ2v) is 9.67. The second kappa shape index (κ2) is 15.2. The van der Waals surface area contributed by atoms with Gasteiger partial charge in [0.05, 0.1) is 12.2 Å². The minimum Gasteiger partial charge on any atom is -0.375 e. The number of alkyl halides is 2. The molecule has 2 saturated carbocycles. The van der Waals surface area contributed by atoms with Gasteiger partial charge in [0.25, 0.3) is 0 Å². The first-order valence-electron chi connectivity index (χ1n) is 12.8. The van der Waals surface area contributed by atoms with Crippen molar-refractivity contribution in [2.45, 2.75) is 115 Å². The van der Waals surface area contributed by atoms with E-state index in [0.717, 1.165) is 37.5 Å². The maximum Gasteiger partial charge on any atom is 0.160 e. The lowest BCUT2D eigenvalue weighted by molar-refractivity contribution is -0.118. The van der Waals surface area contributed by atoms with Gasteiger partial charge in [0.1, 0.15) is 0 Å². The third-order valence-electron chi connectivity index (χ3n) is 7.41. The number of hydrogen-bond acceptors (Lipinski definition) is 2. The number of ether oxygens (including phenoxy) is 2. The first kappa shape index (κ1) is 26.5. The molecule has 0 aromatic heterocycles. The maximum absolute atomic E-state index is 14.5. The summed E-state index contributed by atoms with van der Waals surface area (Å²) in [6.07, 6.45) is 13.3. The van der Waals surface area contributed by atoms with E-state index in [0.29, 0.717) is 32.0 Å². The standard InChI is InChI=1S/C27H46F2O2/c1-4-7-9-19-30-24-17-18-25(27(29)26(24)28)31-20-10-8-12-22(11-5-2)23-15-13-21(6-3)14-16-23/h4,6,21-27H,1,3,5,7-20H2,2H3. The Labute approximate surface area is 189 Å². The molecule has 2 aliphatic carbocycles. The lowest BCUT2D eigenvalue weighted by Gasteiger charge is -2.35. The van der Waals surface area contributed by atoms with Crippen molar-refractivity contribution in [3.05, 3.63) is 25.3 Å². The van der Waals surface area contributed by atoms with Gasteiger partial charge in [-0.25, -0.2) is 8.78 Å². The minimum absolute atomic E-state index is 0.462. The zero-order valence-electron chi connectivity index (χ0n) is 19.8. The fourth-order valence-corrected chi connectivity index (χ4v) is 5.45. The summed E-state index contributed by atoms with van der Waals surface area (Å²) >= 11 is 0. The normalized spacial score (nSPS) is 32.5. The van der Waals surface area contributed by atoms with Crippen LogP contribution >= 0.6 is 0 Å². The van der Waals surface area contributed by atoms with E-state index in [1.165, 1.54) is 44.9 Å². The molecule has 2 aliphatic rings. The van der Waals surface area contributed by atoms with E-state index in [1.54, 1.807) is 0 Å². The highest BCUT2D eigenvalue weighted by Crippen LogP contribution is 2.38. The topological polar surface area (TPSA) is 18.5 Å². The third kappa shape index (κ3) is 8.96. The van der Waals surface area contributed by atoms with Crippen molar-refractivity contribution in [3.8, 4) is 0 Å². The van der Waals surface area contributed by atoms with Gasteiger partial charge in [-0.1, -0.05) is 44.8 Å². The highest BCUT2D eigenvalue weighted by molar-refractivity contribution is 4.90. The van der Waals surface area contributed by atoms with E-state index in [9.17, 15) is 8.78 Å². The van der Waals surface area contributed by atoms with Crippen LogP contribution in [0.2, 0.25) is 0 Å². The number of halogens is 2. The molecule has 5 unspecified atom stereocenters. The molecule has 0 radical (unpaired) electrons. The Morgan fingerprint density at radius 2 is 1.45 bits per heavy atom. The van der Waals surface area contributed by atoms with Gasteiger partial charge in [-0.3, -0.25) is 0 Å². The average molecular weight is 441 g/mol. The third-order valence-corrected chi connectivity index (χ3v) is 7.41. The molecule has 180 valence electrons. The van der Waals surface area contributed by atoms with Gasteiger partial charge in [0.15, 0.2) is 12.3 Å². The second-order valence-electron chi connectivity index (χ2n) is 9.67. The number of rotatable bonds is 15. The molecule has 0 N–H and O–H groups in total. The summed E-state index contributed by atoms with van der Waals surface area (Å²) in [6.45, 7) is 10.9. The fourth-order valence-electron chi connectivity index (χ4n) is 5.45. The van der Waals surface area contributed by atoms with Gasteiger partial charge in [-0.15, -0.1) is 13.2 Å². The summed E-state index contributed by atoms with van der Waals surface area (Å²) in [5.41, 5.74) is 0. The average Bonchev–Trinajstić information content (AvgIpc) is 2.79.